The second kappa shape index (κ2) is 6.53. The zero-order valence-electron chi connectivity index (χ0n) is 16.9. The minimum atomic E-state index is -0.225. The third-order valence-electron chi connectivity index (χ3n) is 7.33. The average Bonchev–Trinajstić information content (AvgIpc) is 3.56. The summed E-state index contributed by atoms with van der Waals surface area (Å²) in [6, 6.07) is 12.0. The molecule has 2 amide bonds. The van der Waals surface area contributed by atoms with Gasteiger partial charge in [0.1, 0.15) is 5.75 Å². The molecule has 5 heteroatoms. The molecule has 0 aromatic heterocycles. The Labute approximate surface area is 175 Å². The topological polar surface area (TPSA) is 59.0 Å². The third-order valence-corrected chi connectivity index (χ3v) is 7.33. The normalized spacial score (nSPS) is 33.4. The maximum atomic E-state index is 13.2. The molecular weight excluding hydrogens is 376 g/mol. The molecule has 1 saturated heterocycles. The lowest BCUT2D eigenvalue weighted by Gasteiger charge is -2.37. The molecule has 152 valence electrons. The van der Waals surface area contributed by atoms with E-state index < -0.39 is 0 Å². The van der Waals surface area contributed by atoms with Crippen LogP contribution in [0.4, 0.5) is 0 Å². The second-order valence-corrected chi connectivity index (χ2v) is 8.93. The van der Waals surface area contributed by atoms with Crippen molar-refractivity contribution in [3.8, 4) is 5.75 Å². The van der Waals surface area contributed by atoms with E-state index in [1.165, 1.54) is 0 Å². The van der Waals surface area contributed by atoms with Gasteiger partial charge in [-0.2, -0.15) is 10.1 Å². The Kier molecular flexibility index (Phi) is 3.89. The fourth-order valence-corrected chi connectivity index (χ4v) is 5.92. The van der Waals surface area contributed by atoms with Crippen molar-refractivity contribution in [2.75, 3.05) is 6.61 Å². The van der Waals surface area contributed by atoms with Gasteiger partial charge in [-0.3, -0.25) is 9.59 Å². The van der Waals surface area contributed by atoms with Gasteiger partial charge in [0.25, 0.3) is 11.8 Å². The number of carbonyl (C=O) groups is 2. The highest BCUT2D eigenvalue weighted by molar-refractivity contribution is 6.08. The van der Waals surface area contributed by atoms with E-state index in [1.54, 1.807) is 6.21 Å². The predicted molar refractivity (Wildman–Crippen MR) is 114 cm³/mol. The van der Waals surface area contributed by atoms with Crippen molar-refractivity contribution in [3.63, 3.8) is 0 Å². The highest BCUT2D eigenvalue weighted by atomic mass is 16.5. The molecule has 0 radical (unpaired) electrons. The molecule has 2 saturated carbocycles. The van der Waals surface area contributed by atoms with Crippen LogP contribution in [0.3, 0.4) is 0 Å². The van der Waals surface area contributed by atoms with Crippen LogP contribution in [0.25, 0.3) is 10.8 Å². The summed E-state index contributed by atoms with van der Waals surface area (Å²) in [5, 5.41) is 7.64. The van der Waals surface area contributed by atoms with E-state index in [2.05, 4.69) is 24.2 Å². The molecule has 2 bridgehead atoms. The molecule has 7 rings (SSSR count). The highest BCUT2D eigenvalue weighted by Gasteiger charge is 2.67. The van der Waals surface area contributed by atoms with Crippen molar-refractivity contribution in [1.29, 1.82) is 0 Å². The first kappa shape index (κ1) is 17.9. The Balaban J connectivity index is 1.36. The van der Waals surface area contributed by atoms with E-state index in [0.29, 0.717) is 18.4 Å². The molecule has 1 aliphatic heterocycles. The number of hydrazone groups is 1. The fourth-order valence-electron chi connectivity index (χ4n) is 5.92. The first-order valence-electron chi connectivity index (χ1n) is 10.9. The molecule has 0 N–H and O–H groups in total. The summed E-state index contributed by atoms with van der Waals surface area (Å²) in [5.74, 6) is 1.60. The van der Waals surface area contributed by atoms with Crippen molar-refractivity contribution >= 4 is 28.8 Å². The van der Waals surface area contributed by atoms with Gasteiger partial charge in [0.2, 0.25) is 0 Å². The zero-order valence-corrected chi connectivity index (χ0v) is 16.9. The van der Waals surface area contributed by atoms with Crippen LogP contribution in [0, 0.1) is 35.5 Å². The molecule has 30 heavy (non-hydrogen) atoms. The van der Waals surface area contributed by atoms with E-state index in [0.717, 1.165) is 39.9 Å². The van der Waals surface area contributed by atoms with Crippen LogP contribution in [-0.4, -0.2) is 29.6 Å². The number of fused-ring (bicyclic) bond motifs is 1. The highest BCUT2D eigenvalue weighted by Crippen LogP contribution is 2.65. The summed E-state index contributed by atoms with van der Waals surface area (Å²) in [7, 11) is 0. The lowest BCUT2D eigenvalue weighted by molar-refractivity contribution is -0.140. The number of benzene rings is 2. The quantitative estimate of drug-likeness (QED) is 0.433. The van der Waals surface area contributed by atoms with Crippen molar-refractivity contribution in [2.45, 2.75) is 19.8 Å². The summed E-state index contributed by atoms with van der Waals surface area (Å²) in [4.78, 5) is 26.3. The average molecular weight is 400 g/mol. The lowest BCUT2D eigenvalue weighted by atomic mass is 9.63. The number of nitrogens with zero attached hydrogens (tertiary/aromatic N) is 2. The molecule has 4 aliphatic carbocycles. The van der Waals surface area contributed by atoms with E-state index in [1.807, 2.05) is 36.4 Å². The van der Waals surface area contributed by atoms with Gasteiger partial charge in [-0.15, -0.1) is 0 Å². The van der Waals surface area contributed by atoms with Gasteiger partial charge in [0.05, 0.1) is 24.7 Å². The maximum Gasteiger partial charge on any atom is 0.254 e. The van der Waals surface area contributed by atoms with E-state index in [-0.39, 0.29) is 35.5 Å². The molecule has 0 spiro atoms. The molecule has 0 unspecified atom stereocenters. The summed E-state index contributed by atoms with van der Waals surface area (Å²) >= 11 is 0. The van der Waals surface area contributed by atoms with Crippen LogP contribution in [0.15, 0.2) is 53.7 Å². The zero-order chi connectivity index (χ0) is 20.4. The molecule has 5 aliphatic rings. The Bertz CT molecular complexity index is 1080. The molecule has 2 aromatic rings. The summed E-state index contributed by atoms with van der Waals surface area (Å²) in [5.41, 5.74) is 0.806. The SMILES string of the molecule is CCCOc1ccc2ccccc2c1/C=N\N1C(=O)[C@@H]2[C@H]3C=C[C@@H]([C@@H]4C[C@H]34)[C@@H]2C1=O. The Morgan fingerprint density at radius 1 is 1.03 bits per heavy atom. The lowest BCUT2D eigenvalue weighted by Crippen LogP contribution is -2.40. The van der Waals surface area contributed by atoms with Gasteiger partial charge in [0.15, 0.2) is 0 Å². The van der Waals surface area contributed by atoms with Crippen LogP contribution in [0.1, 0.15) is 25.3 Å². The fraction of sp³-hybridized carbons (Fsp3) is 0.400. The van der Waals surface area contributed by atoms with Crippen molar-refractivity contribution in [1.82, 2.24) is 5.01 Å². The first-order chi connectivity index (χ1) is 14.7. The maximum absolute atomic E-state index is 13.2. The first-order valence-corrected chi connectivity index (χ1v) is 10.9. The van der Waals surface area contributed by atoms with Gasteiger partial charge in [-0.05, 0) is 53.4 Å². The van der Waals surface area contributed by atoms with E-state index >= 15 is 0 Å². The number of ether oxygens (including phenoxy) is 1. The molecule has 6 atom stereocenters. The van der Waals surface area contributed by atoms with Gasteiger partial charge in [0, 0.05) is 5.56 Å². The van der Waals surface area contributed by atoms with Crippen LogP contribution in [0.2, 0.25) is 0 Å². The molecule has 1 heterocycles. The number of hydrogen-bond acceptors (Lipinski definition) is 4. The Morgan fingerprint density at radius 2 is 1.73 bits per heavy atom. The number of carbonyl (C=O) groups excluding carboxylic acids is 2. The van der Waals surface area contributed by atoms with Crippen LogP contribution < -0.4 is 4.74 Å². The number of amides is 2. The minimum absolute atomic E-state index is 0.137. The second-order valence-electron chi connectivity index (χ2n) is 8.93. The largest absolute Gasteiger partial charge is 0.493 e. The number of allylic oxidation sites excluding steroid dienone is 2. The molecule has 5 nitrogen and oxygen atoms in total. The van der Waals surface area contributed by atoms with Crippen molar-refractivity contribution in [2.24, 2.45) is 40.6 Å². The predicted octanol–water partition coefficient (Wildman–Crippen LogP) is 4.02. The standard InChI is InChI=1S/C25H24N2O3/c1-2-11-30-21-10-7-14-5-3-4-6-15(14)20(21)13-26-27-24(28)22-16-8-9-17(19-12-18(16)19)23(22)25(27)29/h3-10,13,16-19,22-23H,2,11-12H2,1H3/b26-13-/t16-,17-,18-,19+,22-,23+/m0/s1. The van der Waals surface area contributed by atoms with Gasteiger partial charge < -0.3 is 4.74 Å². The van der Waals surface area contributed by atoms with E-state index in [9.17, 15) is 9.59 Å². The third kappa shape index (κ3) is 2.44. The monoisotopic (exact) mass is 400 g/mol. The number of hydrogen-bond donors (Lipinski definition) is 0. The summed E-state index contributed by atoms with van der Waals surface area (Å²) < 4.78 is 5.93. The summed E-state index contributed by atoms with van der Waals surface area (Å²) in [6.07, 6.45) is 8.05. The molecule has 3 fully saturated rings. The van der Waals surface area contributed by atoms with Crippen LogP contribution in [0.5, 0.6) is 5.75 Å². The molecular formula is C25H24N2O3. The Hall–Kier alpha value is -2.95. The summed E-state index contributed by atoms with van der Waals surface area (Å²) in [6.45, 7) is 2.66. The Morgan fingerprint density at radius 3 is 2.43 bits per heavy atom. The van der Waals surface area contributed by atoms with Gasteiger partial charge >= 0.3 is 0 Å². The van der Waals surface area contributed by atoms with Crippen LogP contribution in [-0.2, 0) is 9.59 Å². The van der Waals surface area contributed by atoms with Gasteiger partial charge in [-0.25, -0.2) is 0 Å². The van der Waals surface area contributed by atoms with Crippen molar-refractivity contribution < 1.29 is 14.3 Å². The van der Waals surface area contributed by atoms with Gasteiger partial charge in [-0.1, -0.05) is 49.4 Å². The van der Waals surface area contributed by atoms with E-state index in [4.69, 9.17) is 4.74 Å². The van der Waals surface area contributed by atoms with Crippen molar-refractivity contribution in [3.05, 3.63) is 54.1 Å². The number of rotatable bonds is 5. The van der Waals surface area contributed by atoms with Crippen LogP contribution >= 0.6 is 0 Å². The minimum Gasteiger partial charge on any atom is -0.493 e. The molecule has 2 aromatic carbocycles. The number of imide groups is 1. The smallest absolute Gasteiger partial charge is 0.254 e.